The first-order chi connectivity index (χ1) is 7.20. The SMILES string of the molecule is CCCCCCCCC(=O)NC(C)CBr. The van der Waals surface area contributed by atoms with E-state index in [1.165, 1.54) is 32.1 Å². The molecule has 0 spiro atoms. The minimum Gasteiger partial charge on any atom is -0.353 e. The van der Waals surface area contributed by atoms with E-state index >= 15 is 0 Å². The topological polar surface area (TPSA) is 29.1 Å². The van der Waals surface area contributed by atoms with Gasteiger partial charge < -0.3 is 5.32 Å². The fourth-order valence-corrected chi connectivity index (χ4v) is 1.61. The minimum absolute atomic E-state index is 0.192. The Morgan fingerprint density at radius 1 is 1.20 bits per heavy atom. The van der Waals surface area contributed by atoms with Gasteiger partial charge in [-0.1, -0.05) is 55.0 Å². The Balaban J connectivity index is 3.24. The molecule has 0 aromatic heterocycles. The molecular weight excluding hydrogens is 254 g/mol. The molecule has 1 atom stereocenters. The molecule has 0 rings (SSSR count). The van der Waals surface area contributed by atoms with Gasteiger partial charge in [-0.25, -0.2) is 0 Å². The highest BCUT2D eigenvalue weighted by Crippen LogP contribution is 2.06. The highest BCUT2D eigenvalue weighted by Gasteiger charge is 2.04. The Morgan fingerprint density at radius 3 is 2.40 bits per heavy atom. The summed E-state index contributed by atoms with van der Waals surface area (Å²) < 4.78 is 0. The zero-order chi connectivity index (χ0) is 11.5. The lowest BCUT2D eigenvalue weighted by Gasteiger charge is -2.10. The van der Waals surface area contributed by atoms with E-state index in [-0.39, 0.29) is 11.9 Å². The third kappa shape index (κ3) is 10.2. The summed E-state index contributed by atoms with van der Waals surface area (Å²) in [4.78, 5) is 11.4. The smallest absolute Gasteiger partial charge is 0.220 e. The average molecular weight is 278 g/mol. The fraction of sp³-hybridized carbons (Fsp3) is 0.917. The van der Waals surface area contributed by atoms with Gasteiger partial charge in [0.2, 0.25) is 5.91 Å². The van der Waals surface area contributed by atoms with Crippen molar-refractivity contribution in [3.05, 3.63) is 0 Å². The normalized spacial score (nSPS) is 12.5. The van der Waals surface area contributed by atoms with Crippen LogP contribution in [0.2, 0.25) is 0 Å². The zero-order valence-electron chi connectivity index (χ0n) is 10.0. The van der Waals surface area contributed by atoms with Crippen molar-refractivity contribution in [2.75, 3.05) is 5.33 Å². The van der Waals surface area contributed by atoms with Crippen LogP contribution < -0.4 is 5.32 Å². The molecule has 0 aliphatic heterocycles. The van der Waals surface area contributed by atoms with Crippen molar-refractivity contribution in [1.29, 1.82) is 0 Å². The van der Waals surface area contributed by atoms with Crippen LogP contribution in [-0.4, -0.2) is 17.3 Å². The predicted octanol–water partition coefficient (Wildman–Crippen LogP) is 3.64. The van der Waals surface area contributed by atoms with Crippen LogP contribution in [0.4, 0.5) is 0 Å². The number of unbranched alkanes of at least 4 members (excludes halogenated alkanes) is 5. The Hall–Kier alpha value is -0.0500. The number of alkyl halides is 1. The van der Waals surface area contributed by atoms with Crippen molar-refractivity contribution >= 4 is 21.8 Å². The van der Waals surface area contributed by atoms with E-state index in [1.54, 1.807) is 0 Å². The molecule has 0 heterocycles. The van der Waals surface area contributed by atoms with Crippen molar-refractivity contribution < 1.29 is 4.79 Å². The first kappa shape index (κ1) is 14.9. The maximum absolute atomic E-state index is 11.4. The average Bonchev–Trinajstić information content (AvgIpc) is 2.23. The van der Waals surface area contributed by atoms with Crippen LogP contribution >= 0.6 is 15.9 Å². The van der Waals surface area contributed by atoms with Crippen LogP contribution in [0, 0.1) is 0 Å². The third-order valence-corrected chi connectivity index (χ3v) is 3.37. The van der Waals surface area contributed by atoms with E-state index in [2.05, 4.69) is 28.2 Å². The summed E-state index contributed by atoms with van der Waals surface area (Å²) in [6, 6.07) is 0.248. The number of carbonyl (C=O) groups excluding carboxylic acids is 1. The van der Waals surface area contributed by atoms with Crippen LogP contribution in [0.25, 0.3) is 0 Å². The summed E-state index contributed by atoms with van der Waals surface area (Å²) in [5.74, 6) is 0.192. The van der Waals surface area contributed by atoms with E-state index in [0.717, 1.165) is 11.8 Å². The highest BCUT2D eigenvalue weighted by atomic mass is 79.9. The quantitative estimate of drug-likeness (QED) is 0.506. The lowest BCUT2D eigenvalue weighted by atomic mass is 10.1. The first-order valence-electron chi connectivity index (χ1n) is 6.06. The third-order valence-electron chi connectivity index (χ3n) is 2.40. The molecule has 1 N–H and O–H groups in total. The molecule has 1 unspecified atom stereocenters. The zero-order valence-corrected chi connectivity index (χ0v) is 11.6. The molecule has 0 aliphatic carbocycles. The maximum atomic E-state index is 11.4. The lowest BCUT2D eigenvalue weighted by molar-refractivity contribution is -0.121. The van der Waals surface area contributed by atoms with Crippen molar-refractivity contribution in [1.82, 2.24) is 5.32 Å². The molecule has 0 aromatic rings. The molecule has 15 heavy (non-hydrogen) atoms. The van der Waals surface area contributed by atoms with Gasteiger partial charge in [-0.3, -0.25) is 4.79 Å². The van der Waals surface area contributed by atoms with Crippen molar-refractivity contribution in [2.24, 2.45) is 0 Å². The second-order valence-corrected chi connectivity index (χ2v) is 4.79. The van der Waals surface area contributed by atoms with Crippen LogP contribution in [-0.2, 0) is 4.79 Å². The molecule has 0 aromatic carbocycles. The summed E-state index contributed by atoms with van der Waals surface area (Å²) in [6.07, 6.45) is 8.10. The molecule has 0 radical (unpaired) electrons. The van der Waals surface area contributed by atoms with Gasteiger partial charge >= 0.3 is 0 Å². The van der Waals surface area contributed by atoms with Gasteiger partial charge in [0.05, 0.1) is 0 Å². The number of hydrogen-bond acceptors (Lipinski definition) is 1. The Morgan fingerprint density at radius 2 is 1.80 bits per heavy atom. The van der Waals surface area contributed by atoms with Gasteiger partial charge in [0.25, 0.3) is 0 Å². The molecule has 0 bridgehead atoms. The molecule has 0 saturated heterocycles. The van der Waals surface area contributed by atoms with E-state index in [0.29, 0.717) is 6.42 Å². The van der Waals surface area contributed by atoms with Crippen molar-refractivity contribution in [3.8, 4) is 0 Å². The fourth-order valence-electron chi connectivity index (χ4n) is 1.45. The number of carbonyl (C=O) groups is 1. The molecule has 90 valence electrons. The second kappa shape index (κ2) is 10.5. The highest BCUT2D eigenvalue weighted by molar-refractivity contribution is 9.09. The monoisotopic (exact) mass is 277 g/mol. The number of rotatable bonds is 9. The van der Waals surface area contributed by atoms with E-state index in [4.69, 9.17) is 0 Å². The lowest BCUT2D eigenvalue weighted by Crippen LogP contribution is -2.33. The van der Waals surface area contributed by atoms with Gasteiger partial charge in [-0.05, 0) is 13.3 Å². The van der Waals surface area contributed by atoms with E-state index in [1.807, 2.05) is 6.92 Å². The van der Waals surface area contributed by atoms with Gasteiger partial charge in [-0.15, -0.1) is 0 Å². The molecule has 0 fully saturated rings. The maximum Gasteiger partial charge on any atom is 0.220 e. The van der Waals surface area contributed by atoms with Gasteiger partial charge in [-0.2, -0.15) is 0 Å². The van der Waals surface area contributed by atoms with Gasteiger partial charge in [0, 0.05) is 17.8 Å². The van der Waals surface area contributed by atoms with Gasteiger partial charge in [0.15, 0.2) is 0 Å². The number of nitrogens with one attached hydrogen (secondary N) is 1. The van der Waals surface area contributed by atoms with Crippen LogP contribution in [0.3, 0.4) is 0 Å². The predicted molar refractivity (Wildman–Crippen MR) is 69.4 cm³/mol. The van der Waals surface area contributed by atoms with Gasteiger partial charge in [0.1, 0.15) is 0 Å². The van der Waals surface area contributed by atoms with Crippen LogP contribution in [0.1, 0.15) is 58.8 Å². The number of hydrogen-bond donors (Lipinski definition) is 1. The summed E-state index contributed by atoms with van der Waals surface area (Å²) in [5.41, 5.74) is 0. The second-order valence-electron chi connectivity index (χ2n) is 4.14. The molecule has 0 saturated carbocycles. The summed E-state index contributed by atoms with van der Waals surface area (Å²) >= 11 is 3.34. The Kier molecular flexibility index (Phi) is 10.4. The van der Waals surface area contributed by atoms with Crippen molar-refractivity contribution in [2.45, 2.75) is 64.8 Å². The molecule has 0 aliphatic rings. The van der Waals surface area contributed by atoms with E-state index in [9.17, 15) is 4.79 Å². The number of amides is 1. The minimum atomic E-state index is 0.192. The Labute approximate surface area is 102 Å². The molecular formula is C12H24BrNO. The van der Waals surface area contributed by atoms with Crippen LogP contribution in [0.15, 0.2) is 0 Å². The summed E-state index contributed by atoms with van der Waals surface area (Å²) in [5, 5.41) is 3.77. The largest absolute Gasteiger partial charge is 0.353 e. The molecule has 3 heteroatoms. The van der Waals surface area contributed by atoms with Crippen LogP contribution in [0.5, 0.6) is 0 Å². The summed E-state index contributed by atoms with van der Waals surface area (Å²) in [6.45, 7) is 4.23. The first-order valence-corrected chi connectivity index (χ1v) is 7.18. The standard InChI is InChI=1S/C12H24BrNO/c1-3-4-5-6-7-8-9-12(15)14-11(2)10-13/h11H,3-10H2,1-2H3,(H,14,15). The Bertz CT molecular complexity index is 162. The molecule has 2 nitrogen and oxygen atoms in total. The summed E-state index contributed by atoms with van der Waals surface area (Å²) in [7, 11) is 0. The van der Waals surface area contributed by atoms with Crippen molar-refractivity contribution in [3.63, 3.8) is 0 Å². The molecule has 1 amide bonds. The van der Waals surface area contributed by atoms with E-state index < -0.39 is 0 Å². The number of halogens is 1.